The van der Waals surface area contributed by atoms with E-state index in [1.165, 1.54) is 5.56 Å². The van der Waals surface area contributed by atoms with E-state index < -0.39 is 17.5 Å². The summed E-state index contributed by atoms with van der Waals surface area (Å²) in [5.74, 6) is -0.0664. The van der Waals surface area contributed by atoms with Crippen LogP contribution >= 0.6 is 0 Å². The molecule has 1 saturated heterocycles. The minimum atomic E-state index is -1.25. The maximum atomic E-state index is 13.2. The number of hydrogen-bond donors (Lipinski definition) is 2. The molecule has 4 rings (SSSR count). The predicted molar refractivity (Wildman–Crippen MR) is 130 cm³/mol. The van der Waals surface area contributed by atoms with Crippen molar-refractivity contribution in [2.75, 3.05) is 13.7 Å². The molecule has 2 atom stereocenters. The summed E-state index contributed by atoms with van der Waals surface area (Å²) in [7, 11) is 1.61. The summed E-state index contributed by atoms with van der Waals surface area (Å²) in [6.07, 6.45) is 1.59. The van der Waals surface area contributed by atoms with Gasteiger partial charge in [-0.25, -0.2) is 4.79 Å². The van der Waals surface area contributed by atoms with Crippen molar-refractivity contribution in [1.82, 2.24) is 15.5 Å². The van der Waals surface area contributed by atoms with Crippen molar-refractivity contribution < 1.29 is 19.1 Å². The van der Waals surface area contributed by atoms with Crippen LogP contribution in [-0.2, 0) is 21.5 Å². The van der Waals surface area contributed by atoms with E-state index in [9.17, 15) is 14.4 Å². The van der Waals surface area contributed by atoms with E-state index in [0.29, 0.717) is 5.56 Å². The number of urea groups is 1. The fourth-order valence-electron chi connectivity index (χ4n) is 4.26. The van der Waals surface area contributed by atoms with Gasteiger partial charge in [-0.2, -0.15) is 0 Å². The van der Waals surface area contributed by atoms with Crippen molar-refractivity contribution in [2.45, 2.75) is 38.3 Å². The van der Waals surface area contributed by atoms with Crippen molar-refractivity contribution >= 4 is 28.6 Å². The van der Waals surface area contributed by atoms with Gasteiger partial charge in [-0.05, 0) is 66.8 Å². The Morgan fingerprint density at radius 2 is 1.76 bits per heavy atom. The molecule has 0 bridgehead atoms. The average Bonchev–Trinajstić information content (AvgIpc) is 3.06. The smallest absolute Gasteiger partial charge is 0.325 e. The van der Waals surface area contributed by atoms with Gasteiger partial charge in [-0.15, -0.1) is 0 Å². The number of carbonyl (C=O) groups is 3. The van der Waals surface area contributed by atoms with Gasteiger partial charge in [-0.3, -0.25) is 14.5 Å². The Bertz CT molecular complexity index is 1230. The van der Waals surface area contributed by atoms with Crippen LogP contribution in [0.15, 0.2) is 66.7 Å². The van der Waals surface area contributed by atoms with Crippen LogP contribution in [0.5, 0.6) is 5.75 Å². The first kappa shape index (κ1) is 23.3. The van der Waals surface area contributed by atoms with E-state index in [4.69, 9.17) is 4.74 Å². The second kappa shape index (κ2) is 9.55. The number of benzene rings is 3. The SMILES string of the molecule is COc1ccc2cc([C@@]3(C)NC(=O)N(CC(=O)N[C@@H](C)CCc4ccccc4)C3=O)ccc2c1. The second-order valence-corrected chi connectivity index (χ2v) is 8.87. The Labute approximate surface area is 199 Å². The third kappa shape index (κ3) is 4.73. The highest BCUT2D eigenvalue weighted by Gasteiger charge is 2.49. The summed E-state index contributed by atoms with van der Waals surface area (Å²) in [4.78, 5) is 39.5. The molecule has 1 fully saturated rings. The molecule has 0 unspecified atom stereocenters. The molecule has 3 aromatic rings. The van der Waals surface area contributed by atoms with E-state index in [-0.39, 0.29) is 18.5 Å². The topological polar surface area (TPSA) is 87.7 Å². The van der Waals surface area contributed by atoms with Gasteiger partial charge in [0.15, 0.2) is 0 Å². The molecule has 1 aliphatic heterocycles. The number of amides is 4. The Morgan fingerprint density at radius 1 is 1.06 bits per heavy atom. The lowest BCUT2D eigenvalue weighted by atomic mass is 9.90. The molecule has 1 aliphatic rings. The number of ether oxygens (including phenoxy) is 1. The molecular formula is C27H29N3O4. The van der Waals surface area contributed by atoms with Crippen LogP contribution in [0.3, 0.4) is 0 Å². The first-order valence-electron chi connectivity index (χ1n) is 11.4. The number of nitrogens with zero attached hydrogens (tertiary/aromatic N) is 1. The number of aryl methyl sites for hydroxylation is 1. The highest BCUT2D eigenvalue weighted by atomic mass is 16.5. The van der Waals surface area contributed by atoms with Gasteiger partial charge in [0.25, 0.3) is 5.91 Å². The summed E-state index contributed by atoms with van der Waals surface area (Å²) < 4.78 is 5.26. The van der Waals surface area contributed by atoms with Crippen molar-refractivity contribution in [2.24, 2.45) is 0 Å². The van der Waals surface area contributed by atoms with E-state index >= 15 is 0 Å². The number of carbonyl (C=O) groups excluding carboxylic acids is 3. The maximum absolute atomic E-state index is 13.2. The molecule has 3 aromatic carbocycles. The van der Waals surface area contributed by atoms with E-state index in [1.54, 1.807) is 14.0 Å². The molecule has 0 aliphatic carbocycles. The average molecular weight is 460 g/mol. The Hall–Kier alpha value is -3.87. The molecule has 0 spiro atoms. The lowest BCUT2D eigenvalue weighted by molar-refractivity contribution is -0.135. The predicted octanol–water partition coefficient (Wildman–Crippen LogP) is 3.75. The zero-order chi connectivity index (χ0) is 24.3. The van der Waals surface area contributed by atoms with Gasteiger partial charge in [0, 0.05) is 6.04 Å². The normalized spacial score (nSPS) is 18.6. The molecule has 2 N–H and O–H groups in total. The third-order valence-corrected chi connectivity index (χ3v) is 6.32. The molecule has 0 radical (unpaired) electrons. The fraction of sp³-hybridized carbons (Fsp3) is 0.296. The standard InChI is InChI=1S/C27H29N3O4/c1-18(9-10-19-7-5-4-6-8-19)28-24(31)17-30-25(32)27(2,29-26(30)33)22-13-11-21-16-23(34-3)14-12-20(21)15-22/h4-8,11-16,18H,9-10,17H2,1-3H3,(H,28,31)(H,29,33)/t18-,27+/m0/s1. The molecule has 1 heterocycles. The highest BCUT2D eigenvalue weighted by molar-refractivity contribution is 6.09. The summed E-state index contributed by atoms with van der Waals surface area (Å²) in [6, 6.07) is 20.6. The lowest BCUT2D eigenvalue weighted by Gasteiger charge is -2.23. The summed E-state index contributed by atoms with van der Waals surface area (Å²) in [5.41, 5.74) is 0.606. The van der Waals surface area contributed by atoms with Crippen LogP contribution in [0.2, 0.25) is 0 Å². The largest absolute Gasteiger partial charge is 0.497 e. The zero-order valence-electron chi connectivity index (χ0n) is 19.6. The van der Waals surface area contributed by atoms with E-state index in [2.05, 4.69) is 10.6 Å². The minimum Gasteiger partial charge on any atom is -0.497 e. The summed E-state index contributed by atoms with van der Waals surface area (Å²) in [6.45, 7) is 3.26. The van der Waals surface area contributed by atoms with Crippen LogP contribution in [0, 0.1) is 0 Å². The number of rotatable bonds is 8. The molecular weight excluding hydrogens is 430 g/mol. The van der Waals surface area contributed by atoms with Crippen molar-refractivity contribution in [3.63, 3.8) is 0 Å². The quantitative estimate of drug-likeness (QED) is 0.502. The first-order chi connectivity index (χ1) is 16.3. The number of fused-ring (bicyclic) bond motifs is 1. The van der Waals surface area contributed by atoms with Crippen molar-refractivity contribution in [3.05, 3.63) is 77.9 Å². The number of imide groups is 1. The van der Waals surface area contributed by atoms with Gasteiger partial charge in [0.1, 0.15) is 17.8 Å². The Morgan fingerprint density at radius 3 is 2.50 bits per heavy atom. The molecule has 34 heavy (non-hydrogen) atoms. The number of hydrogen-bond acceptors (Lipinski definition) is 4. The van der Waals surface area contributed by atoms with E-state index in [1.807, 2.05) is 73.7 Å². The molecule has 0 saturated carbocycles. The van der Waals surface area contributed by atoms with Crippen LogP contribution in [0.4, 0.5) is 4.79 Å². The molecule has 176 valence electrons. The fourth-order valence-corrected chi connectivity index (χ4v) is 4.26. The molecule has 7 heteroatoms. The Kier molecular flexibility index (Phi) is 6.54. The molecule has 7 nitrogen and oxygen atoms in total. The Balaban J connectivity index is 1.41. The minimum absolute atomic E-state index is 0.0858. The molecule has 4 amide bonds. The van der Waals surface area contributed by atoms with Gasteiger partial charge in [0.2, 0.25) is 5.91 Å². The maximum Gasteiger partial charge on any atom is 0.325 e. The summed E-state index contributed by atoms with van der Waals surface area (Å²) in [5, 5.41) is 7.55. The number of nitrogens with one attached hydrogen (secondary N) is 2. The lowest BCUT2D eigenvalue weighted by Crippen LogP contribution is -2.45. The van der Waals surface area contributed by atoms with Crippen molar-refractivity contribution in [1.29, 1.82) is 0 Å². The first-order valence-corrected chi connectivity index (χ1v) is 11.4. The van der Waals surface area contributed by atoms with Gasteiger partial charge >= 0.3 is 6.03 Å². The third-order valence-electron chi connectivity index (χ3n) is 6.32. The summed E-state index contributed by atoms with van der Waals surface area (Å²) >= 11 is 0. The van der Waals surface area contributed by atoms with E-state index in [0.717, 1.165) is 34.3 Å². The van der Waals surface area contributed by atoms with Crippen molar-refractivity contribution in [3.8, 4) is 5.75 Å². The van der Waals surface area contributed by atoms with Gasteiger partial charge < -0.3 is 15.4 Å². The van der Waals surface area contributed by atoms with Crippen LogP contribution in [0.25, 0.3) is 10.8 Å². The van der Waals surface area contributed by atoms with Crippen LogP contribution in [-0.4, -0.2) is 42.4 Å². The zero-order valence-corrected chi connectivity index (χ0v) is 19.6. The van der Waals surface area contributed by atoms with Gasteiger partial charge in [0.05, 0.1) is 7.11 Å². The molecule has 0 aromatic heterocycles. The number of methoxy groups -OCH3 is 1. The van der Waals surface area contributed by atoms with Gasteiger partial charge in [-0.1, -0.05) is 48.5 Å². The second-order valence-electron chi connectivity index (χ2n) is 8.87. The van der Waals surface area contributed by atoms with Crippen LogP contribution < -0.4 is 15.4 Å². The van der Waals surface area contributed by atoms with Crippen LogP contribution in [0.1, 0.15) is 31.4 Å². The monoisotopic (exact) mass is 459 g/mol. The highest BCUT2D eigenvalue weighted by Crippen LogP contribution is 2.32.